The van der Waals surface area contributed by atoms with E-state index in [4.69, 9.17) is 0 Å². The molecular formula is C20H28F3IN6. The molecule has 1 aliphatic rings. The normalized spacial score (nSPS) is 17.6. The Morgan fingerprint density at radius 1 is 1.27 bits per heavy atom. The summed E-state index contributed by atoms with van der Waals surface area (Å²) < 4.78 is 39.4. The number of aliphatic imine (C=N–C) groups is 1. The number of hydrogen-bond acceptors (Lipinski definition) is 3. The number of nitrogens with one attached hydrogen (secondary N) is 2. The number of alkyl halides is 3. The van der Waals surface area contributed by atoms with Gasteiger partial charge in [-0.3, -0.25) is 9.89 Å². The standard InChI is InChI=1S/C20H27F3N6.HI/c1-2-24-19(27-17-9-13-28(14-17)15-20(21,22)23)25-11-8-16-4-6-18(7-5-16)29-12-3-10-26-29;/h3-7,10,12,17H,2,8-9,11,13-15H2,1H3,(H2,24,25,27);1H. The molecule has 0 amide bonds. The average molecular weight is 536 g/mol. The molecule has 2 heterocycles. The van der Waals surface area contributed by atoms with Gasteiger partial charge in [0.1, 0.15) is 0 Å². The molecule has 3 rings (SSSR count). The quantitative estimate of drug-likeness (QED) is 0.324. The van der Waals surface area contributed by atoms with E-state index in [9.17, 15) is 13.2 Å². The van der Waals surface area contributed by atoms with Gasteiger partial charge < -0.3 is 10.6 Å². The summed E-state index contributed by atoms with van der Waals surface area (Å²) in [5, 5.41) is 10.6. The largest absolute Gasteiger partial charge is 0.401 e. The van der Waals surface area contributed by atoms with E-state index in [1.807, 2.05) is 31.3 Å². The third-order valence-electron chi connectivity index (χ3n) is 4.74. The molecule has 10 heteroatoms. The van der Waals surface area contributed by atoms with Crippen LogP contribution < -0.4 is 10.6 Å². The average Bonchev–Trinajstić information content (AvgIpc) is 3.33. The number of nitrogens with zero attached hydrogens (tertiary/aromatic N) is 4. The molecule has 6 nitrogen and oxygen atoms in total. The highest BCUT2D eigenvalue weighted by Crippen LogP contribution is 2.19. The molecule has 1 unspecified atom stereocenters. The summed E-state index contributed by atoms with van der Waals surface area (Å²) in [6.45, 7) is 3.22. The predicted molar refractivity (Wildman–Crippen MR) is 123 cm³/mol. The monoisotopic (exact) mass is 536 g/mol. The van der Waals surface area contributed by atoms with Crippen LogP contribution >= 0.6 is 24.0 Å². The molecule has 0 aliphatic carbocycles. The molecule has 1 atom stereocenters. The Morgan fingerprint density at radius 2 is 2.03 bits per heavy atom. The Balaban J connectivity index is 0.00000320. The van der Waals surface area contributed by atoms with Crippen LogP contribution in [0.4, 0.5) is 13.2 Å². The smallest absolute Gasteiger partial charge is 0.357 e. The first kappa shape index (κ1) is 24.4. The fourth-order valence-electron chi connectivity index (χ4n) is 3.39. The molecule has 1 aromatic carbocycles. The van der Waals surface area contributed by atoms with Gasteiger partial charge in [-0.1, -0.05) is 12.1 Å². The van der Waals surface area contributed by atoms with Crippen molar-refractivity contribution in [1.82, 2.24) is 25.3 Å². The van der Waals surface area contributed by atoms with E-state index in [1.54, 1.807) is 10.9 Å². The van der Waals surface area contributed by atoms with Gasteiger partial charge in [-0.2, -0.15) is 18.3 Å². The van der Waals surface area contributed by atoms with Crippen molar-refractivity contribution < 1.29 is 13.2 Å². The molecule has 0 spiro atoms. The van der Waals surface area contributed by atoms with Crippen LogP contribution in [0.5, 0.6) is 0 Å². The minimum atomic E-state index is -4.15. The second kappa shape index (κ2) is 11.5. The molecule has 1 aliphatic heterocycles. The van der Waals surface area contributed by atoms with Crippen LogP contribution in [0.3, 0.4) is 0 Å². The second-order valence-electron chi connectivity index (χ2n) is 7.11. The third-order valence-corrected chi connectivity index (χ3v) is 4.74. The lowest BCUT2D eigenvalue weighted by atomic mass is 10.1. The highest BCUT2D eigenvalue weighted by molar-refractivity contribution is 14.0. The van der Waals surface area contributed by atoms with E-state index < -0.39 is 12.7 Å². The van der Waals surface area contributed by atoms with E-state index in [0.29, 0.717) is 38.6 Å². The van der Waals surface area contributed by atoms with Crippen molar-refractivity contribution in [1.29, 1.82) is 0 Å². The van der Waals surface area contributed by atoms with Crippen molar-refractivity contribution in [3.8, 4) is 5.69 Å². The number of aromatic nitrogens is 2. The van der Waals surface area contributed by atoms with Gasteiger partial charge in [-0.15, -0.1) is 24.0 Å². The third kappa shape index (κ3) is 7.78. The zero-order valence-electron chi connectivity index (χ0n) is 16.9. The Bertz CT molecular complexity index is 777. The zero-order chi connectivity index (χ0) is 20.7. The summed E-state index contributed by atoms with van der Waals surface area (Å²) in [7, 11) is 0. The summed E-state index contributed by atoms with van der Waals surface area (Å²) in [4.78, 5) is 6.01. The van der Waals surface area contributed by atoms with Gasteiger partial charge in [0.15, 0.2) is 5.96 Å². The van der Waals surface area contributed by atoms with E-state index in [-0.39, 0.29) is 30.0 Å². The highest BCUT2D eigenvalue weighted by atomic mass is 127. The lowest BCUT2D eigenvalue weighted by Gasteiger charge is -2.19. The van der Waals surface area contributed by atoms with Crippen molar-refractivity contribution in [3.05, 3.63) is 48.3 Å². The number of rotatable bonds is 7. The van der Waals surface area contributed by atoms with Crippen LogP contribution in [0.15, 0.2) is 47.7 Å². The molecule has 2 aromatic rings. The summed E-state index contributed by atoms with van der Waals surface area (Å²) in [6, 6.07) is 10.00. The maximum absolute atomic E-state index is 12.5. The van der Waals surface area contributed by atoms with Gasteiger partial charge in [-0.25, -0.2) is 4.68 Å². The minimum absolute atomic E-state index is 0. The van der Waals surface area contributed by atoms with E-state index in [0.717, 1.165) is 17.7 Å². The van der Waals surface area contributed by atoms with Gasteiger partial charge >= 0.3 is 6.18 Å². The molecule has 0 saturated carbocycles. The van der Waals surface area contributed by atoms with Crippen LogP contribution in [-0.2, 0) is 6.42 Å². The van der Waals surface area contributed by atoms with Crippen molar-refractivity contribution >= 4 is 29.9 Å². The summed E-state index contributed by atoms with van der Waals surface area (Å²) in [5.41, 5.74) is 2.17. The lowest BCUT2D eigenvalue weighted by Crippen LogP contribution is -2.45. The SMILES string of the molecule is CCNC(=NCCc1ccc(-n2cccn2)cc1)NC1CCN(CC(F)(F)F)C1.I. The predicted octanol–water partition coefficient (Wildman–Crippen LogP) is 3.22. The van der Waals surface area contributed by atoms with Crippen LogP contribution in [0, 0.1) is 0 Å². The first-order valence-electron chi connectivity index (χ1n) is 9.86. The van der Waals surface area contributed by atoms with Gasteiger partial charge in [-0.05, 0) is 43.5 Å². The number of hydrogen-bond donors (Lipinski definition) is 2. The van der Waals surface area contributed by atoms with Crippen molar-refractivity contribution in [2.24, 2.45) is 4.99 Å². The molecular weight excluding hydrogens is 508 g/mol. The van der Waals surface area contributed by atoms with Crippen LogP contribution in [0.25, 0.3) is 5.69 Å². The maximum Gasteiger partial charge on any atom is 0.401 e. The number of likely N-dealkylation sites (tertiary alicyclic amines) is 1. The molecule has 30 heavy (non-hydrogen) atoms. The van der Waals surface area contributed by atoms with E-state index in [2.05, 4.69) is 32.9 Å². The molecule has 1 fully saturated rings. The van der Waals surface area contributed by atoms with Crippen LogP contribution in [0.2, 0.25) is 0 Å². The molecule has 1 saturated heterocycles. The Labute approximate surface area is 191 Å². The minimum Gasteiger partial charge on any atom is -0.357 e. The first-order valence-corrected chi connectivity index (χ1v) is 9.86. The van der Waals surface area contributed by atoms with Crippen LogP contribution in [-0.4, -0.2) is 65.6 Å². The fraction of sp³-hybridized carbons (Fsp3) is 0.500. The topological polar surface area (TPSA) is 57.5 Å². The first-order chi connectivity index (χ1) is 13.9. The summed E-state index contributed by atoms with van der Waals surface area (Å²) >= 11 is 0. The number of guanidine groups is 1. The number of benzene rings is 1. The Hall–Kier alpha value is -1.82. The summed E-state index contributed by atoms with van der Waals surface area (Å²) in [6.07, 6.45) is 0.938. The Kier molecular flexibility index (Phi) is 9.40. The zero-order valence-corrected chi connectivity index (χ0v) is 19.2. The van der Waals surface area contributed by atoms with E-state index in [1.165, 1.54) is 4.90 Å². The Morgan fingerprint density at radius 3 is 2.67 bits per heavy atom. The van der Waals surface area contributed by atoms with Crippen LogP contribution in [0.1, 0.15) is 18.9 Å². The number of halogens is 4. The fourth-order valence-corrected chi connectivity index (χ4v) is 3.39. The van der Waals surface area contributed by atoms with E-state index >= 15 is 0 Å². The van der Waals surface area contributed by atoms with Crippen molar-refractivity contribution in [2.45, 2.75) is 32.0 Å². The van der Waals surface area contributed by atoms with Gasteiger partial charge in [0.05, 0.1) is 12.2 Å². The maximum atomic E-state index is 12.5. The molecule has 0 bridgehead atoms. The highest BCUT2D eigenvalue weighted by Gasteiger charge is 2.34. The lowest BCUT2D eigenvalue weighted by molar-refractivity contribution is -0.143. The molecule has 1 aromatic heterocycles. The second-order valence-corrected chi connectivity index (χ2v) is 7.11. The molecule has 0 radical (unpaired) electrons. The van der Waals surface area contributed by atoms with Gasteiger partial charge in [0, 0.05) is 44.6 Å². The van der Waals surface area contributed by atoms with Crippen molar-refractivity contribution in [3.63, 3.8) is 0 Å². The molecule has 2 N–H and O–H groups in total. The molecule has 166 valence electrons. The summed E-state index contributed by atoms with van der Waals surface area (Å²) in [5.74, 6) is 0.652. The van der Waals surface area contributed by atoms with Crippen molar-refractivity contribution in [2.75, 3.05) is 32.7 Å². The van der Waals surface area contributed by atoms with Gasteiger partial charge in [0.25, 0.3) is 0 Å². The van der Waals surface area contributed by atoms with Gasteiger partial charge in [0.2, 0.25) is 0 Å².